The molecule has 12 nitrogen and oxygen atoms in total. The predicted octanol–water partition coefficient (Wildman–Crippen LogP) is -2.55. The SMILES string of the molecule is CCNC1CC=C(CN)OC1OC1C(O)[C@@H](O[C@H]2OC[C@](C)(O)[C@H](NC)C2O)[C@H](NCC)C[C@@H]1N. The van der Waals surface area contributed by atoms with Crippen molar-refractivity contribution in [2.75, 3.05) is 33.3 Å². The zero-order chi connectivity index (χ0) is 25.8. The van der Waals surface area contributed by atoms with Crippen molar-refractivity contribution in [3.63, 3.8) is 0 Å². The van der Waals surface area contributed by atoms with Crippen molar-refractivity contribution in [2.45, 2.75) is 100 Å². The van der Waals surface area contributed by atoms with Crippen LogP contribution in [0.25, 0.3) is 0 Å². The molecule has 1 saturated carbocycles. The second-order valence-corrected chi connectivity index (χ2v) is 9.81. The first-order valence-corrected chi connectivity index (χ1v) is 12.6. The summed E-state index contributed by atoms with van der Waals surface area (Å²) in [6, 6.07) is -1.59. The van der Waals surface area contributed by atoms with Crippen molar-refractivity contribution in [1.29, 1.82) is 0 Å². The van der Waals surface area contributed by atoms with Crippen molar-refractivity contribution in [3.8, 4) is 0 Å². The van der Waals surface area contributed by atoms with Crippen molar-refractivity contribution in [3.05, 3.63) is 11.8 Å². The van der Waals surface area contributed by atoms with E-state index in [0.717, 1.165) is 6.54 Å². The molecule has 35 heavy (non-hydrogen) atoms. The van der Waals surface area contributed by atoms with Crippen LogP contribution in [-0.2, 0) is 18.9 Å². The first kappa shape index (κ1) is 28.7. The van der Waals surface area contributed by atoms with Gasteiger partial charge in [0.1, 0.15) is 35.8 Å². The lowest BCUT2D eigenvalue weighted by Crippen LogP contribution is -2.69. The molecule has 0 aromatic carbocycles. The van der Waals surface area contributed by atoms with E-state index < -0.39 is 54.7 Å². The number of hydrogen-bond donors (Lipinski definition) is 8. The van der Waals surface area contributed by atoms with Crippen LogP contribution in [0.5, 0.6) is 0 Å². The molecule has 11 atom stereocenters. The Labute approximate surface area is 207 Å². The summed E-state index contributed by atoms with van der Waals surface area (Å²) in [5.74, 6) is 0.630. The fourth-order valence-corrected chi connectivity index (χ4v) is 5.28. The first-order chi connectivity index (χ1) is 16.7. The van der Waals surface area contributed by atoms with Crippen molar-refractivity contribution in [2.24, 2.45) is 11.5 Å². The molecule has 0 amide bonds. The summed E-state index contributed by atoms with van der Waals surface area (Å²) >= 11 is 0. The Morgan fingerprint density at radius 3 is 2.37 bits per heavy atom. The molecular formula is C23H45N5O7. The van der Waals surface area contributed by atoms with E-state index in [1.807, 2.05) is 19.9 Å². The van der Waals surface area contributed by atoms with Crippen LogP contribution in [0.1, 0.15) is 33.6 Å². The van der Waals surface area contributed by atoms with Crippen LogP contribution in [0.3, 0.4) is 0 Å². The third-order valence-electron chi connectivity index (χ3n) is 7.07. The smallest absolute Gasteiger partial charge is 0.215 e. The first-order valence-electron chi connectivity index (χ1n) is 12.6. The fraction of sp³-hybridized carbons (Fsp3) is 0.913. The van der Waals surface area contributed by atoms with E-state index in [0.29, 0.717) is 25.1 Å². The monoisotopic (exact) mass is 503 g/mol. The highest BCUT2D eigenvalue weighted by atomic mass is 16.7. The van der Waals surface area contributed by atoms with Gasteiger partial charge in [-0.25, -0.2) is 0 Å². The topological polar surface area (TPSA) is 186 Å². The van der Waals surface area contributed by atoms with Crippen LogP contribution in [-0.4, -0.2) is 115 Å². The van der Waals surface area contributed by atoms with Crippen LogP contribution < -0.4 is 27.4 Å². The maximum atomic E-state index is 11.4. The maximum absolute atomic E-state index is 11.4. The summed E-state index contributed by atoms with van der Waals surface area (Å²) < 4.78 is 24.1. The van der Waals surface area contributed by atoms with Crippen LogP contribution in [0.15, 0.2) is 11.8 Å². The van der Waals surface area contributed by atoms with Gasteiger partial charge in [0.05, 0.1) is 25.2 Å². The average molecular weight is 504 g/mol. The van der Waals surface area contributed by atoms with E-state index in [-0.39, 0.29) is 25.2 Å². The summed E-state index contributed by atoms with van der Waals surface area (Å²) in [4.78, 5) is 0. The van der Waals surface area contributed by atoms with Crippen molar-refractivity contribution >= 4 is 0 Å². The minimum atomic E-state index is -1.28. The molecule has 0 aromatic heterocycles. The molecule has 2 fully saturated rings. The van der Waals surface area contributed by atoms with Gasteiger partial charge in [-0.1, -0.05) is 13.8 Å². The molecular weight excluding hydrogens is 458 g/mol. The minimum Gasteiger partial charge on any atom is -0.467 e. The third-order valence-corrected chi connectivity index (χ3v) is 7.07. The summed E-state index contributed by atoms with van der Waals surface area (Å²) in [6.07, 6.45) is -2.53. The predicted molar refractivity (Wildman–Crippen MR) is 129 cm³/mol. The van der Waals surface area contributed by atoms with Crippen LogP contribution >= 0.6 is 0 Å². The molecule has 12 heteroatoms. The molecule has 5 unspecified atom stereocenters. The zero-order valence-electron chi connectivity index (χ0n) is 21.2. The highest BCUT2D eigenvalue weighted by Crippen LogP contribution is 2.32. The number of aliphatic hydroxyl groups excluding tert-OH is 2. The van der Waals surface area contributed by atoms with Crippen molar-refractivity contribution in [1.82, 2.24) is 16.0 Å². The van der Waals surface area contributed by atoms with E-state index in [1.54, 1.807) is 14.0 Å². The van der Waals surface area contributed by atoms with Gasteiger partial charge in [-0.05, 0) is 46.0 Å². The zero-order valence-corrected chi connectivity index (χ0v) is 21.2. The van der Waals surface area contributed by atoms with Crippen LogP contribution in [0, 0.1) is 0 Å². The van der Waals surface area contributed by atoms with E-state index in [2.05, 4.69) is 16.0 Å². The van der Waals surface area contributed by atoms with Crippen LogP contribution in [0.2, 0.25) is 0 Å². The molecule has 3 rings (SSSR count). The van der Waals surface area contributed by atoms with Gasteiger partial charge in [-0.15, -0.1) is 0 Å². The lowest BCUT2D eigenvalue weighted by Gasteiger charge is -2.49. The number of hydrogen-bond acceptors (Lipinski definition) is 12. The van der Waals surface area contributed by atoms with E-state index in [1.165, 1.54) is 0 Å². The van der Waals surface area contributed by atoms with Gasteiger partial charge in [0.15, 0.2) is 6.29 Å². The van der Waals surface area contributed by atoms with E-state index >= 15 is 0 Å². The van der Waals surface area contributed by atoms with Gasteiger partial charge in [0.25, 0.3) is 0 Å². The Kier molecular flexibility index (Phi) is 10.3. The molecule has 1 saturated heterocycles. The number of nitrogens with one attached hydrogen (secondary N) is 3. The molecule has 2 aliphatic heterocycles. The van der Waals surface area contributed by atoms with Gasteiger partial charge < -0.3 is 61.7 Å². The number of likely N-dealkylation sites (N-methyl/N-ethyl adjacent to an activating group) is 3. The summed E-state index contributed by atoms with van der Waals surface area (Å²) in [5.41, 5.74) is 11.0. The highest BCUT2D eigenvalue weighted by Gasteiger charge is 2.51. The second-order valence-electron chi connectivity index (χ2n) is 9.81. The molecule has 1 aliphatic carbocycles. The fourth-order valence-electron chi connectivity index (χ4n) is 5.28. The Balaban J connectivity index is 1.77. The number of nitrogens with two attached hydrogens (primary N) is 2. The van der Waals surface area contributed by atoms with Gasteiger partial charge >= 0.3 is 0 Å². The summed E-state index contributed by atoms with van der Waals surface area (Å²) in [6.45, 7) is 7.10. The van der Waals surface area contributed by atoms with Gasteiger partial charge in [0.2, 0.25) is 6.29 Å². The second kappa shape index (κ2) is 12.6. The maximum Gasteiger partial charge on any atom is 0.215 e. The van der Waals surface area contributed by atoms with Gasteiger partial charge in [0, 0.05) is 12.1 Å². The summed E-state index contributed by atoms with van der Waals surface area (Å²) in [5, 5.41) is 42.4. The molecule has 0 aromatic rings. The van der Waals surface area contributed by atoms with E-state index in [9.17, 15) is 15.3 Å². The molecule has 2 heterocycles. The van der Waals surface area contributed by atoms with Crippen molar-refractivity contribution < 1.29 is 34.3 Å². The molecule has 0 spiro atoms. The minimum absolute atomic E-state index is 0.0388. The molecule has 10 N–H and O–H groups in total. The molecule has 0 bridgehead atoms. The Morgan fingerprint density at radius 1 is 1.09 bits per heavy atom. The van der Waals surface area contributed by atoms with Gasteiger partial charge in [-0.3, -0.25) is 0 Å². The lowest BCUT2D eigenvalue weighted by molar-refractivity contribution is -0.304. The standard InChI is InChI=1S/C23H45N5O7/c1-5-27-14-8-7-12(10-24)33-21(14)34-18-13(25)9-15(28-6-2)19(16(18)29)35-22-17(30)20(26-4)23(3,31)11-32-22/h7,13-22,26-31H,5-6,8-11,24-25H2,1-4H3/t13-,14?,15+,16?,17?,18?,19-,20+,21?,22+,23-/m0/s1. The normalized spacial score (nSPS) is 44.5. The lowest BCUT2D eigenvalue weighted by atomic mass is 9.83. The Bertz CT molecular complexity index is 699. The average Bonchev–Trinajstić information content (AvgIpc) is 2.81. The largest absolute Gasteiger partial charge is 0.467 e. The van der Waals surface area contributed by atoms with Gasteiger partial charge in [-0.2, -0.15) is 0 Å². The molecule has 0 radical (unpaired) electrons. The number of ether oxygens (including phenoxy) is 4. The molecule has 204 valence electrons. The Hall–Kier alpha value is -0.900. The Morgan fingerprint density at radius 2 is 1.74 bits per heavy atom. The number of aliphatic hydroxyl groups is 3. The quantitative estimate of drug-likeness (QED) is 0.156. The van der Waals surface area contributed by atoms with E-state index in [4.69, 9.17) is 30.4 Å². The van der Waals surface area contributed by atoms with Crippen LogP contribution in [0.4, 0.5) is 0 Å². The third kappa shape index (κ3) is 6.51. The highest BCUT2D eigenvalue weighted by molar-refractivity contribution is 5.05. The number of rotatable bonds is 10. The molecule has 3 aliphatic rings. The summed E-state index contributed by atoms with van der Waals surface area (Å²) in [7, 11) is 1.65.